The van der Waals surface area contributed by atoms with E-state index in [1.807, 2.05) is 0 Å². The molecule has 0 heterocycles. The second-order valence-corrected chi connectivity index (χ2v) is 4.70. The molecule has 0 heteroatoms. The van der Waals surface area contributed by atoms with E-state index in [1.54, 1.807) is 0 Å². The summed E-state index contributed by atoms with van der Waals surface area (Å²) in [7, 11) is 0. The first-order valence-corrected chi connectivity index (χ1v) is 4.77. The Hall–Kier alpha value is 0. The largest absolute Gasteiger partial charge is 0.0628 e. The lowest BCUT2D eigenvalue weighted by molar-refractivity contribution is 0.283. The van der Waals surface area contributed by atoms with E-state index in [9.17, 15) is 0 Å². The molecule has 0 aromatic heterocycles. The lowest BCUT2D eigenvalue weighted by Gasteiger charge is -2.24. The van der Waals surface area contributed by atoms with Crippen LogP contribution >= 0.6 is 0 Å². The van der Waals surface area contributed by atoms with Crippen LogP contribution in [-0.4, -0.2) is 0 Å². The fourth-order valence-electron chi connectivity index (χ4n) is 1.28. The average molecular weight is 155 g/mol. The van der Waals surface area contributed by atoms with Gasteiger partial charge in [0.25, 0.3) is 0 Å². The zero-order valence-corrected chi connectivity index (χ0v) is 8.61. The SMILES string of the molecule is [CH2]CCC(C)(C)CCC(C)C. The Kier molecular flexibility index (Phi) is 4.79. The molecule has 0 aromatic carbocycles. The molecule has 0 N–H and O–H groups in total. The molecule has 11 heavy (non-hydrogen) atoms. The van der Waals surface area contributed by atoms with Gasteiger partial charge in [0.1, 0.15) is 0 Å². The van der Waals surface area contributed by atoms with Crippen LogP contribution < -0.4 is 0 Å². The van der Waals surface area contributed by atoms with Gasteiger partial charge in [0.15, 0.2) is 0 Å². The standard InChI is InChI=1S/C11H23/c1-6-8-11(4,5)9-7-10(2)3/h10H,1,6-9H2,2-5H3. The smallest absolute Gasteiger partial charge is 0.0354 e. The lowest BCUT2D eigenvalue weighted by Crippen LogP contribution is -2.11. The van der Waals surface area contributed by atoms with E-state index in [1.165, 1.54) is 19.3 Å². The van der Waals surface area contributed by atoms with Gasteiger partial charge in [-0.3, -0.25) is 0 Å². The second-order valence-electron chi connectivity index (χ2n) is 4.70. The van der Waals surface area contributed by atoms with Gasteiger partial charge in [0.05, 0.1) is 0 Å². The van der Waals surface area contributed by atoms with Gasteiger partial charge in [-0.1, -0.05) is 47.5 Å². The molecule has 0 bridgehead atoms. The van der Waals surface area contributed by atoms with Crippen LogP contribution in [0.1, 0.15) is 53.4 Å². The quantitative estimate of drug-likeness (QED) is 0.561. The third-order valence-corrected chi connectivity index (χ3v) is 2.25. The second kappa shape index (κ2) is 4.79. The van der Waals surface area contributed by atoms with Crippen molar-refractivity contribution in [1.29, 1.82) is 0 Å². The zero-order chi connectivity index (χ0) is 8.91. The Morgan fingerprint density at radius 2 is 1.73 bits per heavy atom. The van der Waals surface area contributed by atoms with E-state index in [2.05, 4.69) is 34.6 Å². The summed E-state index contributed by atoms with van der Waals surface area (Å²) in [4.78, 5) is 0. The summed E-state index contributed by atoms with van der Waals surface area (Å²) in [5, 5.41) is 0. The molecule has 0 aromatic rings. The van der Waals surface area contributed by atoms with E-state index in [4.69, 9.17) is 0 Å². The summed E-state index contributed by atoms with van der Waals surface area (Å²) in [6.45, 7) is 13.2. The monoisotopic (exact) mass is 155 g/mol. The van der Waals surface area contributed by atoms with Gasteiger partial charge < -0.3 is 0 Å². The maximum Gasteiger partial charge on any atom is -0.0354 e. The van der Waals surface area contributed by atoms with E-state index >= 15 is 0 Å². The van der Waals surface area contributed by atoms with Gasteiger partial charge in [-0.05, 0) is 24.2 Å². The highest BCUT2D eigenvalue weighted by Gasteiger charge is 2.16. The third-order valence-electron chi connectivity index (χ3n) is 2.25. The van der Waals surface area contributed by atoms with Gasteiger partial charge in [-0.2, -0.15) is 0 Å². The Bertz CT molecular complexity index is 90.2. The Morgan fingerprint density at radius 3 is 2.09 bits per heavy atom. The van der Waals surface area contributed by atoms with Crippen LogP contribution in [-0.2, 0) is 0 Å². The first-order valence-electron chi connectivity index (χ1n) is 4.77. The van der Waals surface area contributed by atoms with E-state index < -0.39 is 0 Å². The Balaban J connectivity index is 3.54. The van der Waals surface area contributed by atoms with Crippen molar-refractivity contribution in [2.45, 2.75) is 53.4 Å². The third kappa shape index (κ3) is 6.40. The molecule has 67 valence electrons. The first kappa shape index (κ1) is 11.0. The molecule has 0 aliphatic rings. The number of hydrogen-bond acceptors (Lipinski definition) is 0. The Labute approximate surface area is 72.4 Å². The molecular formula is C11H23. The minimum Gasteiger partial charge on any atom is -0.0628 e. The Morgan fingerprint density at radius 1 is 1.18 bits per heavy atom. The van der Waals surface area contributed by atoms with Crippen LogP contribution in [0.15, 0.2) is 0 Å². The predicted octanol–water partition coefficient (Wildman–Crippen LogP) is 4.06. The number of rotatable bonds is 5. The molecule has 0 unspecified atom stereocenters. The fraction of sp³-hybridized carbons (Fsp3) is 0.909. The van der Waals surface area contributed by atoms with Crippen molar-refractivity contribution < 1.29 is 0 Å². The van der Waals surface area contributed by atoms with Gasteiger partial charge in [-0.25, -0.2) is 0 Å². The maximum absolute atomic E-state index is 3.90. The predicted molar refractivity (Wildman–Crippen MR) is 52.4 cm³/mol. The highest BCUT2D eigenvalue weighted by atomic mass is 14.2. The molecule has 0 atom stereocenters. The van der Waals surface area contributed by atoms with Crippen molar-refractivity contribution in [1.82, 2.24) is 0 Å². The van der Waals surface area contributed by atoms with Gasteiger partial charge in [0.2, 0.25) is 0 Å². The van der Waals surface area contributed by atoms with Crippen LogP contribution in [0.2, 0.25) is 0 Å². The summed E-state index contributed by atoms with van der Waals surface area (Å²) in [6, 6.07) is 0. The van der Waals surface area contributed by atoms with Crippen molar-refractivity contribution in [3.8, 4) is 0 Å². The van der Waals surface area contributed by atoms with Gasteiger partial charge >= 0.3 is 0 Å². The molecule has 0 fully saturated rings. The lowest BCUT2D eigenvalue weighted by atomic mass is 9.82. The highest BCUT2D eigenvalue weighted by Crippen LogP contribution is 2.29. The molecule has 0 spiro atoms. The maximum atomic E-state index is 3.90. The first-order chi connectivity index (χ1) is 4.98. The van der Waals surface area contributed by atoms with Crippen molar-refractivity contribution in [2.24, 2.45) is 11.3 Å². The summed E-state index contributed by atoms with van der Waals surface area (Å²) in [5.41, 5.74) is 0.520. The van der Waals surface area contributed by atoms with E-state index in [-0.39, 0.29) is 0 Å². The summed E-state index contributed by atoms with van der Waals surface area (Å²) in [6.07, 6.45) is 5.04. The molecule has 0 saturated heterocycles. The van der Waals surface area contributed by atoms with Crippen LogP contribution in [0.25, 0.3) is 0 Å². The molecule has 0 aliphatic heterocycles. The molecule has 0 rings (SSSR count). The highest BCUT2D eigenvalue weighted by molar-refractivity contribution is 4.69. The molecule has 0 amide bonds. The number of hydrogen-bond donors (Lipinski definition) is 0. The van der Waals surface area contributed by atoms with Crippen LogP contribution in [0, 0.1) is 18.3 Å². The summed E-state index contributed by atoms with van der Waals surface area (Å²) >= 11 is 0. The summed E-state index contributed by atoms with van der Waals surface area (Å²) < 4.78 is 0. The van der Waals surface area contributed by atoms with Crippen LogP contribution in [0.4, 0.5) is 0 Å². The van der Waals surface area contributed by atoms with Crippen molar-refractivity contribution in [2.75, 3.05) is 0 Å². The molecule has 0 nitrogen and oxygen atoms in total. The normalized spacial score (nSPS) is 12.5. The van der Waals surface area contributed by atoms with Crippen molar-refractivity contribution in [3.63, 3.8) is 0 Å². The van der Waals surface area contributed by atoms with Gasteiger partial charge in [0, 0.05) is 0 Å². The van der Waals surface area contributed by atoms with Gasteiger partial charge in [-0.15, -0.1) is 0 Å². The minimum atomic E-state index is 0.520. The molecular weight excluding hydrogens is 132 g/mol. The zero-order valence-electron chi connectivity index (χ0n) is 8.61. The van der Waals surface area contributed by atoms with E-state index in [0.717, 1.165) is 12.3 Å². The van der Waals surface area contributed by atoms with E-state index in [0.29, 0.717) is 5.41 Å². The molecule has 1 radical (unpaired) electrons. The molecule has 0 aliphatic carbocycles. The van der Waals surface area contributed by atoms with Crippen LogP contribution in [0.5, 0.6) is 0 Å². The average Bonchev–Trinajstić information content (AvgIpc) is 1.84. The van der Waals surface area contributed by atoms with Crippen molar-refractivity contribution >= 4 is 0 Å². The fourth-order valence-corrected chi connectivity index (χ4v) is 1.28. The summed E-state index contributed by atoms with van der Waals surface area (Å²) in [5.74, 6) is 0.846. The topological polar surface area (TPSA) is 0 Å². The van der Waals surface area contributed by atoms with Crippen LogP contribution in [0.3, 0.4) is 0 Å². The van der Waals surface area contributed by atoms with Crippen molar-refractivity contribution in [3.05, 3.63) is 6.92 Å². The molecule has 0 saturated carbocycles. The minimum absolute atomic E-state index is 0.520.